The molecule has 0 saturated heterocycles. The Bertz CT molecular complexity index is 1290. The highest BCUT2D eigenvalue weighted by Gasteiger charge is 2.25. The average Bonchev–Trinajstić information content (AvgIpc) is 3.02. The van der Waals surface area contributed by atoms with Crippen LogP contribution in [-0.2, 0) is 27.6 Å². The van der Waals surface area contributed by atoms with E-state index in [4.69, 9.17) is 4.74 Å². The van der Waals surface area contributed by atoms with Gasteiger partial charge in [0.25, 0.3) is 0 Å². The maximum Gasteiger partial charge on any atom is 0.337 e. The molecule has 0 spiro atoms. The monoisotopic (exact) mass is 493 g/mol. The van der Waals surface area contributed by atoms with Gasteiger partial charge in [-0.3, -0.25) is 0 Å². The van der Waals surface area contributed by atoms with Crippen molar-refractivity contribution in [3.63, 3.8) is 0 Å². The maximum atomic E-state index is 12.4. The lowest BCUT2D eigenvalue weighted by atomic mass is 9.97. The van der Waals surface area contributed by atoms with Gasteiger partial charge >= 0.3 is 5.97 Å². The van der Waals surface area contributed by atoms with Crippen molar-refractivity contribution >= 4 is 33.8 Å². The van der Waals surface area contributed by atoms with Crippen molar-refractivity contribution in [2.75, 3.05) is 19.4 Å². The molecule has 0 amide bonds. The van der Waals surface area contributed by atoms with Gasteiger partial charge in [0.2, 0.25) is 10.0 Å². The second-order valence-electron chi connectivity index (χ2n) is 8.01. The number of carbonyl (C=O) groups excluding carboxylic acids is 1. The number of rotatable bonds is 8. The molecule has 1 N–H and O–H groups in total. The van der Waals surface area contributed by atoms with Gasteiger partial charge in [0.15, 0.2) is 0 Å². The number of carbonyl (C=O) groups is 1. The topological polar surface area (TPSA) is 72.5 Å². The second-order valence-corrected chi connectivity index (χ2v) is 10.9. The van der Waals surface area contributed by atoms with Crippen molar-refractivity contribution in [2.45, 2.75) is 18.1 Å². The minimum absolute atomic E-state index is 0.00247. The first-order valence-corrected chi connectivity index (χ1v) is 13.7. The highest BCUT2D eigenvalue weighted by molar-refractivity contribution is 7.99. The van der Waals surface area contributed by atoms with E-state index in [1.807, 2.05) is 60.7 Å². The minimum atomic E-state index is -3.54. The summed E-state index contributed by atoms with van der Waals surface area (Å²) in [7, 11) is -2.15. The first-order valence-electron chi connectivity index (χ1n) is 11.1. The molecule has 0 aromatic heterocycles. The Morgan fingerprint density at radius 1 is 1.00 bits per heavy atom. The molecular weight excluding hydrogens is 466 g/mol. The zero-order valence-corrected chi connectivity index (χ0v) is 20.6. The van der Waals surface area contributed by atoms with Gasteiger partial charge in [0.1, 0.15) is 0 Å². The summed E-state index contributed by atoms with van der Waals surface area (Å²) in [6.07, 6.45) is 3.40. The highest BCUT2D eigenvalue weighted by atomic mass is 32.2. The number of nitrogens with one attached hydrogen (secondary N) is 1. The molecule has 0 fully saturated rings. The normalized spacial score (nSPS) is 15.4. The van der Waals surface area contributed by atoms with Crippen molar-refractivity contribution in [3.05, 3.63) is 112 Å². The molecule has 0 radical (unpaired) electrons. The van der Waals surface area contributed by atoms with Gasteiger partial charge < -0.3 is 4.74 Å². The van der Waals surface area contributed by atoms with Crippen LogP contribution in [0.1, 0.15) is 43.4 Å². The van der Waals surface area contributed by atoms with Gasteiger partial charge in [0, 0.05) is 17.7 Å². The predicted octanol–water partition coefficient (Wildman–Crippen LogP) is 4.98. The fraction of sp³-hybridized carbons (Fsp3) is 0.222. The number of hydrogen-bond donors (Lipinski definition) is 1. The van der Waals surface area contributed by atoms with Crippen LogP contribution < -0.4 is 4.72 Å². The third-order valence-electron chi connectivity index (χ3n) is 5.78. The van der Waals surface area contributed by atoms with E-state index in [1.54, 1.807) is 17.8 Å². The molecule has 4 rings (SSSR count). The quantitative estimate of drug-likeness (QED) is 0.354. The van der Waals surface area contributed by atoms with Crippen molar-refractivity contribution < 1.29 is 17.9 Å². The molecule has 3 aromatic carbocycles. The van der Waals surface area contributed by atoms with Crippen LogP contribution in [0.5, 0.6) is 0 Å². The molecule has 1 aliphatic carbocycles. The number of hydrogen-bond acceptors (Lipinski definition) is 5. The zero-order chi connectivity index (χ0) is 24.0. The van der Waals surface area contributed by atoms with Gasteiger partial charge in [-0.25, -0.2) is 17.9 Å². The van der Waals surface area contributed by atoms with Crippen molar-refractivity contribution in [2.24, 2.45) is 0 Å². The lowest BCUT2D eigenvalue weighted by Gasteiger charge is -2.21. The minimum Gasteiger partial charge on any atom is -0.465 e. The summed E-state index contributed by atoms with van der Waals surface area (Å²) in [5.74, 6) is 0.223. The zero-order valence-electron chi connectivity index (χ0n) is 18.9. The van der Waals surface area contributed by atoms with Crippen LogP contribution in [0, 0.1) is 0 Å². The Hall–Kier alpha value is -2.87. The van der Waals surface area contributed by atoms with Crippen LogP contribution in [0.2, 0.25) is 0 Å². The Kier molecular flexibility index (Phi) is 7.88. The molecule has 0 aliphatic heterocycles. The van der Waals surface area contributed by atoms with Gasteiger partial charge in [-0.1, -0.05) is 60.7 Å². The summed E-state index contributed by atoms with van der Waals surface area (Å²) in [4.78, 5) is 12.2. The fourth-order valence-corrected chi connectivity index (χ4v) is 6.30. The molecule has 5 nitrogen and oxygen atoms in total. The number of fused-ring (bicyclic) bond motifs is 2. The lowest BCUT2D eigenvalue weighted by molar-refractivity contribution is 0.0600. The van der Waals surface area contributed by atoms with Gasteiger partial charge in [-0.15, -0.1) is 11.8 Å². The average molecular weight is 494 g/mol. The molecule has 7 heteroatoms. The number of aryl methyl sites for hydroxylation is 2. The molecule has 34 heavy (non-hydrogen) atoms. The predicted molar refractivity (Wildman–Crippen MR) is 138 cm³/mol. The van der Waals surface area contributed by atoms with Gasteiger partial charge in [-0.2, -0.15) is 0 Å². The van der Waals surface area contributed by atoms with E-state index in [9.17, 15) is 13.2 Å². The van der Waals surface area contributed by atoms with Crippen LogP contribution in [0.4, 0.5) is 0 Å². The van der Waals surface area contributed by atoms with Gasteiger partial charge in [-0.05, 0) is 58.9 Å². The first kappa shape index (κ1) is 24.3. The fourth-order valence-electron chi connectivity index (χ4n) is 4.09. The van der Waals surface area contributed by atoms with Crippen molar-refractivity contribution in [3.8, 4) is 0 Å². The first-order chi connectivity index (χ1) is 16.5. The number of ether oxygens (including phenoxy) is 1. The standard InChI is InChI=1S/C27H27NO4S2/c1-32-27(29)23-14-13-22-12-11-21-9-5-6-10-24(21)26(25(22)19-23)33-17-16-28-34(30,31)18-15-20-7-3-2-4-8-20/h2-10,13-15,18-19,26,28H,11-12,16-17H2,1H3/b18-15+. The van der Waals surface area contributed by atoms with E-state index >= 15 is 0 Å². The summed E-state index contributed by atoms with van der Waals surface area (Å²) in [6.45, 7) is 0.302. The number of methoxy groups -OCH3 is 1. The summed E-state index contributed by atoms with van der Waals surface area (Å²) < 4.78 is 32.4. The molecule has 0 saturated carbocycles. The van der Waals surface area contributed by atoms with E-state index < -0.39 is 10.0 Å². The van der Waals surface area contributed by atoms with Gasteiger partial charge in [0.05, 0.1) is 17.9 Å². The highest BCUT2D eigenvalue weighted by Crippen LogP contribution is 2.42. The smallest absolute Gasteiger partial charge is 0.337 e. The van der Waals surface area contributed by atoms with Crippen molar-refractivity contribution in [1.82, 2.24) is 4.72 Å². The largest absolute Gasteiger partial charge is 0.465 e. The molecule has 1 aliphatic rings. The van der Waals surface area contributed by atoms with E-state index in [1.165, 1.54) is 29.2 Å². The van der Waals surface area contributed by atoms with Crippen molar-refractivity contribution in [1.29, 1.82) is 0 Å². The number of esters is 1. The molecule has 3 aromatic rings. The lowest BCUT2D eigenvalue weighted by Crippen LogP contribution is -2.24. The van der Waals surface area contributed by atoms with E-state index in [0.29, 0.717) is 17.9 Å². The molecule has 176 valence electrons. The number of sulfonamides is 1. The second kappa shape index (κ2) is 11.0. The van der Waals surface area contributed by atoms with E-state index in [2.05, 4.69) is 16.9 Å². The van der Waals surface area contributed by atoms with E-state index in [-0.39, 0.29) is 11.2 Å². The van der Waals surface area contributed by atoms with Crippen LogP contribution >= 0.6 is 11.8 Å². The Morgan fingerprint density at radius 3 is 2.47 bits per heavy atom. The number of benzene rings is 3. The van der Waals surface area contributed by atoms with Crippen LogP contribution in [0.3, 0.4) is 0 Å². The third-order valence-corrected chi connectivity index (χ3v) is 8.16. The SMILES string of the molecule is COC(=O)c1ccc2c(c1)C(SCCNS(=O)(=O)/C=C/c1ccccc1)c1ccccc1CC2. The van der Waals surface area contributed by atoms with Crippen LogP contribution in [0.25, 0.3) is 6.08 Å². The van der Waals surface area contributed by atoms with Crippen LogP contribution in [-0.4, -0.2) is 33.8 Å². The summed E-state index contributed by atoms with van der Waals surface area (Å²) >= 11 is 1.68. The maximum absolute atomic E-state index is 12.4. The molecule has 0 bridgehead atoms. The van der Waals surface area contributed by atoms with Crippen LogP contribution in [0.15, 0.2) is 78.2 Å². The summed E-state index contributed by atoms with van der Waals surface area (Å²) in [5, 5.41) is 1.20. The van der Waals surface area contributed by atoms with E-state index in [0.717, 1.165) is 24.0 Å². The number of thioether (sulfide) groups is 1. The molecule has 1 atom stereocenters. The summed E-state index contributed by atoms with van der Waals surface area (Å²) in [6, 6.07) is 23.4. The Morgan fingerprint density at radius 2 is 1.71 bits per heavy atom. The Balaban J connectivity index is 1.50. The molecular formula is C27H27NO4S2. The molecule has 0 heterocycles. The summed E-state index contributed by atoms with van der Waals surface area (Å²) in [5.41, 5.74) is 6.13. The molecule has 1 unspecified atom stereocenters. The third kappa shape index (κ3) is 5.97. The Labute approximate surface area is 205 Å².